The lowest BCUT2D eigenvalue weighted by molar-refractivity contribution is 0.471. The molecule has 0 aliphatic heterocycles. The molecule has 20 heavy (non-hydrogen) atoms. The van der Waals surface area contributed by atoms with Gasteiger partial charge in [0.1, 0.15) is 0 Å². The molecule has 0 radical (unpaired) electrons. The molecule has 1 unspecified atom stereocenters. The third kappa shape index (κ3) is 2.96. The van der Waals surface area contributed by atoms with Gasteiger partial charge in [-0.2, -0.15) is 5.10 Å². The second kappa shape index (κ2) is 6.10. The summed E-state index contributed by atoms with van der Waals surface area (Å²) in [4.78, 5) is 3.08. The lowest BCUT2D eigenvalue weighted by Gasteiger charge is -2.08. The van der Waals surface area contributed by atoms with E-state index in [0.29, 0.717) is 6.04 Å². The fourth-order valence-electron chi connectivity index (χ4n) is 2.70. The molecule has 2 aromatic rings. The highest BCUT2D eigenvalue weighted by Gasteiger charge is 2.14. The van der Waals surface area contributed by atoms with Crippen LogP contribution in [-0.2, 0) is 25.9 Å². The van der Waals surface area contributed by atoms with Gasteiger partial charge in [0.15, 0.2) is 0 Å². The second-order valence-corrected chi connectivity index (χ2v) is 6.88. The highest BCUT2D eigenvalue weighted by atomic mass is 32.1. The minimum absolute atomic E-state index is 0.490. The van der Waals surface area contributed by atoms with E-state index in [4.69, 9.17) is 0 Å². The molecule has 0 saturated heterocycles. The molecule has 1 aliphatic carbocycles. The van der Waals surface area contributed by atoms with Crippen LogP contribution in [0.15, 0.2) is 18.3 Å². The average molecular weight is 289 g/mol. The van der Waals surface area contributed by atoms with Crippen LogP contribution >= 0.6 is 11.3 Å². The summed E-state index contributed by atoms with van der Waals surface area (Å²) in [6, 6.07) is 5.00. The molecule has 0 amide bonds. The summed E-state index contributed by atoms with van der Waals surface area (Å²) in [6.45, 7) is 6.22. The van der Waals surface area contributed by atoms with Gasteiger partial charge in [-0.1, -0.05) is 6.92 Å². The van der Waals surface area contributed by atoms with E-state index in [1.807, 2.05) is 11.3 Å². The molecule has 0 aromatic carbocycles. The van der Waals surface area contributed by atoms with E-state index in [1.165, 1.54) is 24.1 Å². The molecule has 1 N–H and O–H groups in total. The van der Waals surface area contributed by atoms with E-state index < -0.39 is 0 Å². The zero-order valence-electron chi connectivity index (χ0n) is 12.4. The Balaban J connectivity index is 1.50. The Morgan fingerprint density at radius 3 is 3.10 bits per heavy atom. The quantitative estimate of drug-likeness (QED) is 0.879. The minimum atomic E-state index is 0.490. The third-order valence-corrected chi connectivity index (χ3v) is 5.35. The van der Waals surface area contributed by atoms with Crippen molar-refractivity contribution in [2.24, 2.45) is 0 Å². The predicted molar refractivity (Wildman–Crippen MR) is 84.1 cm³/mol. The van der Waals surface area contributed by atoms with Crippen molar-refractivity contribution in [1.82, 2.24) is 15.1 Å². The molecule has 4 heteroatoms. The Kier molecular flexibility index (Phi) is 4.22. The molecule has 108 valence electrons. The monoisotopic (exact) mass is 289 g/mol. The van der Waals surface area contributed by atoms with Gasteiger partial charge in [-0.15, -0.1) is 11.3 Å². The first-order valence-corrected chi connectivity index (χ1v) is 8.43. The van der Waals surface area contributed by atoms with Crippen molar-refractivity contribution in [2.75, 3.05) is 0 Å². The summed E-state index contributed by atoms with van der Waals surface area (Å²) < 4.78 is 2.07. The fraction of sp³-hybridized carbons (Fsp3) is 0.562. The number of fused-ring (bicyclic) bond motifs is 1. The number of nitrogens with one attached hydrogen (secondary N) is 1. The Bertz CT molecular complexity index is 549. The lowest BCUT2D eigenvalue weighted by atomic mass is 10.2. The summed E-state index contributed by atoms with van der Waals surface area (Å²) in [5.74, 6) is 0. The van der Waals surface area contributed by atoms with Gasteiger partial charge >= 0.3 is 0 Å². The van der Waals surface area contributed by atoms with E-state index in [-0.39, 0.29) is 0 Å². The number of hydrogen-bond donors (Lipinski definition) is 1. The van der Waals surface area contributed by atoms with Gasteiger partial charge in [0, 0.05) is 35.1 Å². The molecule has 0 bridgehead atoms. The number of rotatable bonds is 6. The Morgan fingerprint density at radius 2 is 2.30 bits per heavy atom. The SMILES string of the molecule is CCC(C)n1ccc(CNCc2cc3c(s2)CCC3)n1. The molecule has 1 aliphatic rings. The zero-order chi connectivity index (χ0) is 13.9. The summed E-state index contributed by atoms with van der Waals surface area (Å²) in [5, 5.41) is 8.13. The van der Waals surface area contributed by atoms with Gasteiger partial charge < -0.3 is 5.32 Å². The van der Waals surface area contributed by atoms with Crippen LogP contribution in [0, 0.1) is 0 Å². The standard InChI is InChI=1S/C16H23N3S/c1-3-12(2)19-8-7-14(18-19)10-17-11-15-9-13-5-4-6-16(13)20-15/h7-9,12,17H,3-6,10-11H2,1-2H3. The highest BCUT2D eigenvalue weighted by Crippen LogP contribution is 2.30. The number of aryl methyl sites for hydroxylation is 2. The maximum absolute atomic E-state index is 4.62. The summed E-state index contributed by atoms with van der Waals surface area (Å²) in [7, 11) is 0. The summed E-state index contributed by atoms with van der Waals surface area (Å²) >= 11 is 1.98. The number of nitrogens with zero attached hydrogens (tertiary/aromatic N) is 2. The minimum Gasteiger partial charge on any atom is -0.306 e. The van der Waals surface area contributed by atoms with Crippen molar-refractivity contribution in [3.63, 3.8) is 0 Å². The van der Waals surface area contributed by atoms with E-state index in [0.717, 1.165) is 25.2 Å². The molecular formula is C16H23N3S. The molecule has 3 rings (SSSR count). The van der Waals surface area contributed by atoms with Crippen molar-refractivity contribution >= 4 is 11.3 Å². The topological polar surface area (TPSA) is 29.9 Å². The van der Waals surface area contributed by atoms with E-state index in [2.05, 4.69) is 47.3 Å². The molecule has 1 atom stereocenters. The van der Waals surface area contributed by atoms with Crippen molar-refractivity contribution in [3.8, 4) is 0 Å². The van der Waals surface area contributed by atoms with Crippen molar-refractivity contribution in [3.05, 3.63) is 39.3 Å². The molecule has 0 saturated carbocycles. The first-order chi connectivity index (χ1) is 9.76. The van der Waals surface area contributed by atoms with Gasteiger partial charge in [-0.05, 0) is 50.3 Å². The number of thiophene rings is 1. The average Bonchev–Trinajstić information content (AvgIpc) is 3.12. The molecule has 2 aromatic heterocycles. The second-order valence-electron chi connectivity index (χ2n) is 5.66. The first kappa shape index (κ1) is 13.8. The first-order valence-electron chi connectivity index (χ1n) is 7.61. The van der Waals surface area contributed by atoms with Crippen LogP contribution in [-0.4, -0.2) is 9.78 Å². The third-order valence-electron chi connectivity index (χ3n) is 4.11. The van der Waals surface area contributed by atoms with Crippen LogP contribution in [0.1, 0.15) is 53.7 Å². The normalized spacial score (nSPS) is 15.5. The fourth-order valence-corrected chi connectivity index (χ4v) is 3.93. The zero-order valence-corrected chi connectivity index (χ0v) is 13.2. The smallest absolute Gasteiger partial charge is 0.0762 e. The summed E-state index contributed by atoms with van der Waals surface area (Å²) in [5.41, 5.74) is 2.72. The van der Waals surface area contributed by atoms with Crippen molar-refractivity contribution < 1.29 is 0 Å². The van der Waals surface area contributed by atoms with E-state index >= 15 is 0 Å². The van der Waals surface area contributed by atoms with Gasteiger partial charge in [-0.3, -0.25) is 4.68 Å². The molecular weight excluding hydrogens is 266 g/mol. The van der Waals surface area contributed by atoms with E-state index in [9.17, 15) is 0 Å². The lowest BCUT2D eigenvalue weighted by Crippen LogP contribution is -2.13. The summed E-state index contributed by atoms with van der Waals surface area (Å²) in [6.07, 6.45) is 7.13. The molecule has 0 spiro atoms. The maximum atomic E-state index is 4.62. The van der Waals surface area contributed by atoms with Gasteiger partial charge in [0.05, 0.1) is 5.69 Å². The highest BCUT2D eigenvalue weighted by molar-refractivity contribution is 7.12. The van der Waals surface area contributed by atoms with Gasteiger partial charge in [0.25, 0.3) is 0 Å². The van der Waals surface area contributed by atoms with Crippen LogP contribution in [0.25, 0.3) is 0 Å². The van der Waals surface area contributed by atoms with Crippen LogP contribution in [0.3, 0.4) is 0 Å². The van der Waals surface area contributed by atoms with Crippen molar-refractivity contribution in [2.45, 2.75) is 58.7 Å². The van der Waals surface area contributed by atoms with Crippen molar-refractivity contribution in [1.29, 1.82) is 0 Å². The predicted octanol–water partition coefficient (Wildman–Crippen LogP) is 3.69. The van der Waals surface area contributed by atoms with Crippen LogP contribution in [0.2, 0.25) is 0 Å². The molecule has 0 fully saturated rings. The Morgan fingerprint density at radius 1 is 1.40 bits per heavy atom. The van der Waals surface area contributed by atoms with Crippen LogP contribution in [0.4, 0.5) is 0 Å². The van der Waals surface area contributed by atoms with Gasteiger partial charge in [0.2, 0.25) is 0 Å². The largest absolute Gasteiger partial charge is 0.306 e. The number of hydrogen-bond acceptors (Lipinski definition) is 3. The Hall–Kier alpha value is -1.13. The molecule has 3 nitrogen and oxygen atoms in total. The van der Waals surface area contributed by atoms with Crippen LogP contribution in [0.5, 0.6) is 0 Å². The van der Waals surface area contributed by atoms with Crippen LogP contribution < -0.4 is 5.32 Å². The Labute approximate surface area is 125 Å². The van der Waals surface area contributed by atoms with Gasteiger partial charge in [-0.25, -0.2) is 0 Å². The molecule has 2 heterocycles. The maximum Gasteiger partial charge on any atom is 0.0762 e. The van der Waals surface area contributed by atoms with E-state index in [1.54, 1.807) is 10.4 Å². The number of aromatic nitrogens is 2.